The highest BCUT2D eigenvalue weighted by Crippen LogP contribution is 2.23. The van der Waals surface area contributed by atoms with Crippen LogP contribution in [0.15, 0.2) is 27.6 Å². The third kappa shape index (κ3) is 4.08. The molecule has 0 saturated heterocycles. The lowest BCUT2D eigenvalue weighted by Gasteiger charge is -2.19. The van der Waals surface area contributed by atoms with E-state index in [9.17, 15) is 13.2 Å². The average Bonchev–Trinajstić information content (AvgIpc) is 2.13. The maximum Gasteiger partial charge on any atom is 0.338 e. The zero-order chi connectivity index (χ0) is 14.1. The highest BCUT2D eigenvalue weighted by atomic mass is 79.9. The summed E-state index contributed by atoms with van der Waals surface area (Å²) in [4.78, 5) is 11.6. The first-order valence-corrected chi connectivity index (χ1v) is 7.40. The van der Waals surface area contributed by atoms with Gasteiger partial charge in [-0.25, -0.2) is 18.4 Å². The molecule has 100 valence electrons. The number of ether oxygens (including phenoxy) is 1. The average molecular weight is 336 g/mol. The van der Waals surface area contributed by atoms with Crippen LogP contribution in [0.2, 0.25) is 0 Å². The van der Waals surface area contributed by atoms with Crippen LogP contribution in [0.3, 0.4) is 0 Å². The monoisotopic (exact) mass is 335 g/mol. The number of hydrogen-bond acceptors (Lipinski definition) is 4. The Balaban J connectivity index is 3.18. The van der Waals surface area contributed by atoms with Gasteiger partial charge >= 0.3 is 5.97 Å². The molecule has 1 aromatic rings. The smallest absolute Gasteiger partial charge is 0.338 e. The molecule has 0 unspecified atom stereocenters. The fraction of sp³-hybridized carbons (Fsp3) is 0.364. The minimum atomic E-state index is -3.89. The third-order valence-corrected chi connectivity index (χ3v) is 3.78. The number of sulfonamides is 1. The second kappa shape index (κ2) is 4.99. The highest BCUT2D eigenvalue weighted by molar-refractivity contribution is 9.10. The van der Waals surface area contributed by atoms with Crippen molar-refractivity contribution in [2.75, 3.05) is 0 Å². The van der Waals surface area contributed by atoms with Gasteiger partial charge in [0.15, 0.2) is 0 Å². The van der Waals surface area contributed by atoms with Gasteiger partial charge in [-0.05, 0) is 54.9 Å². The van der Waals surface area contributed by atoms with Crippen LogP contribution in [0.1, 0.15) is 31.1 Å². The van der Waals surface area contributed by atoms with Crippen LogP contribution in [-0.4, -0.2) is 20.0 Å². The van der Waals surface area contributed by atoms with Crippen LogP contribution < -0.4 is 5.14 Å². The molecule has 0 saturated carbocycles. The van der Waals surface area contributed by atoms with Crippen LogP contribution in [0.25, 0.3) is 0 Å². The summed E-state index contributed by atoms with van der Waals surface area (Å²) in [5, 5.41) is 5.04. The molecule has 2 N–H and O–H groups in total. The van der Waals surface area contributed by atoms with Gasteiger partial charge in [0.05, 0.1) is 10.5 Å². The fourth-order valence-electron chi connectivity index (χ4n) is 1.19. The van der Waals surface area contributed by atoms with Crippen molar-refractivity contribution in [1.82, 2.24) is 0 Å². The molecule has 0 aromatic heterocycles. The molecule has 0 aliphatic heterocycles. The summed E-state index contributed by atoms with van der Waals surface area (Å²) < 4.78 is 28.1. The van der Waals surface area contributed by atoms with Crippen molar-refractivity contribution >= 4 is 31.9 Å². The molecule has 1 aromatic carbocycles. The summed E-state index contributed by atoms with van der Waals surface area (Å²) in [6.07, 6.45) is 0. The van der Waals surface area contributed by atoms with E-state index in [4.69, 9.17) is 9.88 Å². The van der Waals surface area contributed by atoms with Crippen molar-refractivity contribution in [3.63, 3.8) is 0 Å². The molecule has 0 fully saturated rings. The van der Waals surface area contributed by atoms with E-state index in [2.05, 4.69) is 15.9 Å². The van der Waals surface area contributed by atoms with Gasteiger partial charge in [-0.1, -0.05) is 0 Å². The summed E-state index contributed by atoms with van der Waals surface area (Å²) in [6, 6.07) is 4.10. The SMILES string of the molecule is CC(C)(C)OC(=O)c1ccc(Br)c(S(N)(=O)=O)c1. The Morgan fingerprint density at radius 1 is 1.33 bits per heavy atom. The Bertz CT molecular complexity index is 575. The molecule has 0 spiro atoms. The van der Waals surface area contributed by atoms with Crippen molar-refractivity contribution in [3.8, 4) is 0 Å². The minimum absolute atomic E-state index is 0.136. The Hall–Kier alpha value is -0.920. The molecular formula is C11H14BrNO4S. The molecular weight excluding hydrogens is 322 g/mol. The second-order valence-corrected chi connectivity index (χ2v) is 7.08. The first-order valence-electron chi connectivity index (χ1n) is 5.06. The van der Waals surface area contributed by atoms with Crippen molar-refractivity contribution < 1.29 is 17.9 Å². The molecule has 5 nitrogen and oxygen atoms in total. The number of primary sulfonamides is 1. The first kappa shape index (κ1) is 15.1. The van der Waals surface area contributed by atoms with Gasteiger partial charge in [0.25, 0.3) is 0 Å². The van der Waals surface area contributed by atoms with Crippen molar-refractivity contribution in [2.24, 2.45) is 5.14 Å². The van der Waals surface area contributed by atoms with E-state index in [1.165, 1.54) is 18.2 Å². The molecule has 0 atom stereocenters. The standard InChI is InChI=1S/C11H14BrNO4S/c1-11(2,3)17-10(14)7-4-5-8(12)9(6-7)18(13,15)16/h4-6H,1-3H3,(H2,13,15,16). The molecule has 0 bridgehead atoms. The Morgan fingerprint density at radius 3 is 2.33 bits per heavy atom. The number of esters is 1. The Kier molecular flexibility index (Phi) is 4.19. The summed E-state index contributed by atoms with van der Waals surface area (Å²) in [5.41, 5.74) is -0.511. The van der Waals surface area contributed by atoms with Crippen LogP contribution in [-0.2, 0) is 14.8 Å². The van der Waals surface area contributed by atoms with Crippen LogP contribution >= 0.6 is 15.9 Å². The number of halogens is 1. The van der Waals surface area contributed by atoms with Crippen molar-refractivity contribution in [2.45, 2.75) is 31.3 Å². The van der Waals surface area contributed by atoms with E-state index in [-0.39, 0.29) is 10.5 Å². The van der Waals surface area contributed by atoms with Gasteiger partial charge in [0.2, 0.25) is 10.0 Å². The summed E-state index contributed by atoms with van der Waals surface area (Å²) in [5.74, 6) is -0.597. The lowest BCUT2D eigenvalue weighted by molar-refractivity contribution is 0.00692. The predicted octanol–water partition coefficient (Wildman–Crippen LogP) is 2.05. The zero-order valence-electron chi connectivity index (χ0n) is 10.2. The lowest BCUT2D eigenvalue weighted by Crippen LogP contribution is -2.24. The van der Waals surface area contributed by atoms with Gasteiger partial charge < -0.3 is 4.74 Å². The number of carbonyl (C=O) groups excluding carboxylic acids is 1. The zero-order valence-corrected chi connectivity index (χ0v) is 12.6. The number of carbonyl (C=O) groups is 1. The van der Waals surface area contributed by atoms with Crippen LogP contribution in [0.4, 0.5) is 0 Å². The molecule has 7 heteroatoms. The summed E-state index contributed by atoms with van der Waals surface area (Å²) in [6.45, 7) is 5.18. The van der Waals surface area contributed by atoms with E-state index in [1.54, 1.807) is 20.8 Å². The van der Waals surface area contributed by atoms with Gasteiger partial charge in [0.1, 0.15) is 5.60 Å². The second-order valence-electron chi connectivity index (χ2n) is 4.69. The van der Waals surface area contributed by atoms with E-state index in [0.29, 0.717) is 4.47 Å². The minimum Gasteiger partial charge on any atom is -0.456 e. The number of nitrogens with two attached hydrogens (primary N) is 1. The molecule has 18 heavy (non-hydrogen) atoms. The van der Waals surface area contributed by atoms with Crippen LogP contribution in [0, 0.1) is 0 Å². The van der Waals surface area contributed by atoms with Gasteiger partial charge in [0, 0.05) is 4.47 Å². The number of benzene rings is 1. The van der Waals surface area contributed by atoms with E-state index in [1.807, 2.05) is 0 Å². The fourth-order valence-corrected chi connectivity index (χ4v) is 2.74. The van der Waals surface area contributed by atoms with Gasteiger partial charge in [-0.3, -0.25) is 0 Å². The van der Waals surface area contributed by atoms with E-state index < -0.39 is 21.6 Å². The van der Waals surface area contributed by atoms with Gasteiger partial charge in [-0.2, -0.15) is 0 Å². The highest BCUT2D eigenvalue weighted by Gasteiger charge is 2.20. The molecule has 0 aliphatic carbocycles. The summed E-state index contributed by atoms with van der Waals surface area (Å²) >= 11 is 3.07. The first-order chi connectivity index (χ1) is 8.00. The molecule has 0 radical (unpaired) electrons. The predicted molar refractivity (Wildman–Crippen MR) is 70.7 cm³/mol. The normalized spacial score (nSPS) is 12.3. The molecule has 1 rings (SSSR count). The van der Waals surface area contributed by atoms with Crippen molar-refractivity contribution in [1.29, 1.82) is 0 Å². The molecule has 0 heterocycles. The van der Waals surface area contributed by atoms with Crippen molar-refractivity contribution in [3.05, 3.63) is 28.2 Å². The largest absolute Gasteiger partial charge is 0.456 e. The van der Waals surface area contributed by atoms with Crippen LogP contribution in [0.5, 0.6) is 0 Å². The third-order valence-electron chi connectivity index (χ3n) is 1.87. The topological polar surface area (TPSA) is 86.5 Å². The maximum absolute atomic E-state index is 11.8. The molecule has 0 aliphatic rings. The molecule has 0 amide bonds. The number of hydrogen-bond donors (Lipinski definition) is 1. The van der Waals surface area contributed by atoms with Gasteiger partial charge in [-0.15, -0.1) is 0 Å². The number of rotatable bonds is 2. The Morgan fingerprint density at radius 2 is 1.89 bits per heavy atom. The van der Waals surface area contributed by atoms with E-state index in [0.717, 1.165) is 0 Å². The Labute approximate surface area is 114 Å². The lowest BCUT2D eigenvalue weighted by atomic mass is 10.2. The summed E-state index contributed by atoms with van der Waals surface area (Å²) in [7, 11) is -3.89. The quantitative estimate of drug-likeness (QED) is 0.838. The van der Waals surface area contributed by atoms with E-state index >= 15 is 0 Å². The maximum atomic E-state index is 11.8.